The van der Waals surface area contributed by atoms with Gasteiger partial charge < -0.3 is 5.11 Å². The van der Waals surface area contributed by atoms with E-state index in [9.17, 15) is 14.7 Å². The Labute approximate surface area is 166 Å². The zero-order valence-electron chi connectivity index (χ0n) is 16.0. The number of thiol groups is 1. The van der Waals surface area contributed by atoms with Crippen LogP contribution in [0.2, 0.25) is 0 Å². The van der Waals surface area contributed by atoms with Gasteiger partial charge in [0.1, 0.15) is 12.6 Å². The van der Waals surface area contributed by atoms with Gasteiger partial charge in [0.25, 0.3) is 0 Å². The van der Waals surface area contributed by atoms with E-state index in [1.165, 1.54) is 11.1 Å². The van der Waals surface area contributed by atoms with E-state index in [1.54, 1.807) is 18.7 Å². The highest BCUT2D eigenvalue weighted by Crippen LogP contribution is 2.37. The molecule has 0 radical (unpaired) electrons. The molecule has 0 spiro atoms. The van der Waals surface area contributed by atoms with Gasteiger partial charge in [0.15, 0.2) is 0 Å². The Hall–Kier alpha value is -0.980. The lowest BCUT2D eigenvalue weighted by atomic mass is 10.0. The number of carboxylic acid groups (broad SMARTS) is 1. The number of hydrogen-bond donors (Lipinski definition) is 2. The Morgan fingerprint density at radius 2 is 1.88 bits per heavy atom. The minimum absolute atomic E-state index is 0.168. The van der Waals surface area contributed by atoms with Crippen molar-refractivity contribution < 1.29 is 19.2 Å². The van der Waals surface area contributed by atoms with Gasteiger partial charge in [0.05, 0.1) is 11.2 Å². The van der Waals surface area contributed by atoms with E-state index in [1.807, 2.05) is 6.92 Å². The summed E-state index contributed by atoms with van der Waals surface area (Å²) in [5.41, 5.74) is 2.56. The first kappa shape index (κ1) is 21.3. The van der Waals surface area contributed by atoms with E-state index in [0.717, 1.165) is 12.2 Å². The molecule has 4 atom stereocenters. The number of hydrogen-bond acceptors (Lipinski definition) is 4. The predicted octanol–water partition coefficient (Wildman–Crippen LogP) is 4.79. The predicted molar refractivity (Wildman–Crippen MR) is 111 cm³/mol. The van der Waals surface area contributed by atoms with Crippen LogP contribution >= 0.6 is 24.4 Å². The second kappa shape index (κ2) is 8.81. The molecule has 4 nitrogen and oxygen atoms in total. The van der Waals surface area contributed by atoms with Gasteiger partial charge in [0, 0.05) is 17.9 Å². The van der Waals surface area contributed by atoms with Crippen LogP contribution in [0.15, 0.2) is 24.3 Å². The normalized spacial score (nSPS) is 26.8. The molecule has 1 aromatic carbocycles. The van der Waals surface area contributed by atoms with Gasteiger partial charge in [-0.05, 0) is 30.9 Å². The summed E-state index contributed by atoms with van der Waals surface area (Å²) in [4.78, 5) is 24.8. The molecule has 1 saturated heterocycles. The van der Waals surface area contributed by atoms with Crippen molar-refractivity contribution in [3.63, 3.8) is 0 Å². The summed E-state index contributed by atoms with van der Waals surface area (Å²) in [5, 5.41) is 10.0. The molecule has 1 aliphatic heterocycles. The number of imide groups is 1. The fraction of sp³-hybridized carbons (Fsp3) is 0.600. The average molecular weight is 397 g/mol. The van der Waals surface area contributed by atoms with Crippen LogP contribution in [-0.4, -0.2) is 45.2 Å². The molecule has 6 heteroatoms. The molecule has 0 aliphatic carbocycles. The topological polar surface area (TPSA) is 54.4 Å². The van der Waals surface area contributed by atoms with E-state index in [-0.39, 0.29) is 23.1 Å². The Kier molecular flexibility index (Phi) is 7.22. The molecule has 26 heavy (non-hydrogen) atoms. The van der Waals surface area contributed by atoms with Crippen LogP contribution in [0.3, 0.4) is 0 Å². The van der Waals surface area contributed by atoms with E-state index in [4.69, 9.17) is 0 Å². The van der Waals surface area contributed by atoms with Crippen LogP contribution in [0.25, 0.3) is 0 Å². The molecule has 1 heterocycles. The number of nitrogens with zero attached hydrogens (tertiary/aromatic N) is 1. The maximum atomic E-state index is 12.8. The van der Waals surface area contributed by atoms with Gasteiger partial charge in [0.2, 0.25) is 0 Å². The van der Waals surface area contributed by atoms with E-state index in [0.29, 0.717) is 18.2 Å². The molecule has 0 saturated carbocycles. The molecule has 2 rings (SSSR count). The van der Waals surface area contributed by atoms with Crippen LogP contribution in [0.5, 0.6) is 0 Å². The van der Waals surface area contributed by atoms with E-state index in [2.05, 4.69) is 50.7 Å². The zero-order chi connectivity index (χ0) is 19.5. The smallest absolute Gasteiger partial charge is 0.435 e. The lowest BCUT2D eigenvalue weighted by Crippen LogP contribution is -2.60. The zero-order valence-corrected chi connectivity index (χ0v) is 17.7. The molecule has 0 bridgehead atoms. The first-order valence-corrected chi connectivity index (χ1v) is 10.9. The number of benzene rings is 1. The minimum atomic E-state index is -1.03. The van der Waals surface area contributed by atoms with Crippen molar-refractivity contribution in [3.05, 3.63) is 35.4 Å². The van der Waals surface area contributed by atoms with Gasteiger partial charge in [-0.3, -0.25) is 0 Å². The third kappa shape index (κ3) is 4.29. The molecular weight excluding hydrogens is 366 g/mol. The number of amides is 2. The second-order valence-electron chi connectivity index (χ2n) is 7.67. The van der Waals surface area contributed by atoms with Crippen LogP contribution in [0.1, 0.15) is 51.2 Å². The highest BCUT2D eigenvalue weighted by Gasteiger charge is 2.57. The molecule has 2 unspecified atom stereocenters. The van der Waals surface area contributed by atoms with Crippen LogP contribution in [0, 0.1) is 5.92 Å². The molecule has 2 amide bonds. The monoisotopic (exact) mass is 396 g/mol. The van der Waals surface area contributed by atoms with Crippen molar-refractivity contribution in [2.24, 2.45) is 5.92 Å². The van der Waals surface area contributed by atoms with Crippen molar-refractivity contribution >= 4 is 36.4 Å². The summed E-state index contributed by atoms with van der Waals surface area (Å²) >= 11 is 5.95. The summed E-state index contributed by atoms with van der Waals surface area (Å²) in [6.07, 6.45) is -0.285. The highest BCUT2D eigenvalue weighted by molar-refractivity contribution is 7.99. The van der Waals surface area contributed by atoms with E-state index < -0.39 is 10.6 Å². The van der Waals surface area contributed by atoms with Gasteiger partial charge in [-0.1, -0.05) is 38.1 Å². The number of carbonyl (C=O) groups is 2. The number of rotatable bonds is 6. The summed E-state index contributed by atoms with van der Waals surface area (Å²) < 4.78 is -0.453. The fourth-order valence-electron chi connectivity index (χ4n) is 3.61. The lowest BCUT2D eigenvalue weighted by Gasteiger charge is -2.31. The van der Waals surface area contributed by atoms with Crippen molar-refractivity contribution in [3.8, 4) is 0 Å². The highest BCUT2D eigenvalue weighted by atomic mass is 32.2. The molecule has 1 fully saturated rings. The Morgan fingerprint density at radius 1 is 1.27 bits per heavy atom. The van der Waals surface area contributed by atoms with Gasteiger partial charge >= 0.3 is 12.0 Å². The third-order valence-electron chi connectivity index (χ3n) is 5.41. The summed E-state index contributed by atoms with van der Waals surface area (Å²) in [5.74, 6) is 1.15. The number of thioether (sulfide) groups is 1. The maximum absolute atomic E-state index is 12.8. The first-order valence-electron chi connectivity index (χ1n) is 9.19. The SMILES string of the molecule is CC(C)c1ccc(CS[C@H]2CC(C)[N+](C(=O)O)(C(=O)[C@H](C)CS)C2)cc1. The van der Waals surface area contributed by atoms with Crippen LogP contribution in [0.4, 0.5) is 4.79 Å². The van der Waals surface area contributed by atoms with Gasteiger partial charge in [-0.15, -0.1) is 11.8 Å². The van der Waals surface area contributed by atoms with Gasteiger partial charge in [-0.2, -0.15) is 21.9 Å². The second-order valence-corrected chi connectivity index (χ2v) is 9.32. The molecule has 0 aromatic heterocycles. The average Bonchev–Trinajstić information content (AvgIpc) is 2.96. The molecule has 1 aliphatic rings. The summed E-state index contributed by atoms with van der Waals surface area (Å²) in [6.45, 7) is 8.37. The third-order valence-corrected chi connectivity index (χ3v) is 7.27. The Bertz CT molecular complexity index is 647. The Morgan fingerprint density at radius 3 is 2.38 bits per heavy atom. The largest absolute Gasteiger partial charge is 0.521 e. The lowest BCUT2D eigenvalue weighted by molar-refractivity contribution is -0.793. The van der Waals surface area contributed by atoms with Crippen molar-refractivity contribution in [1.82, 2.24) is 0 Å². The number of quaternary nitrogens is 1. The molecule has 144 valence electrons. The minimum Gasteiger partial charge on any atom is -0.435 e. The van der Waals surface area contributed by atoms with E-state index >= 15 is 0 Å². The van der Waals surface area contributed by atoms with Crippen LogP contribution in [-0.2, 0) is 10.5 Å². The fourth-order valence-corrected chi connectivity index (χ4v) is 5.14. The molecule has 1 aromatic rings. The Balaban J connectivity index is 2.06. The molecular formula is C20H30NO3S2+. The van der Waals surface area contributed by atoms with Crippen molar-refractivity contribution in [1.29, 1.82) is 0 Å². The maximum Gasteiger partial charge on any atom is 0.521 e. The quantitative estimate of drug-likeness (QED) is 0.536. The standard InChI is InChI=1S/C20H29NO3S2/c1-13(2)17-7-5-16(6-8-17)12-26-18-9-15(4)21(10-18,20(23)24)19(22)14(3)11-25/h5-8,13-15,18H,9-12H2,1-4H3,(H-,23,24,25)/p+1/t14-,15?,18+,21?/m1/s1. The summed E-state index contributed by atoms with van der Waals surface area (Å²) in [7, 11) is 0. The first-order chi connectivity index (χ1) is 12.2. The number of carbonyl (C=O) groups excluding carboxylic acids is 1. The van der Waals surface area contributed by atoms with Crippen LogP contribution < -0.4 is 0 Å². The number of likely N-dealkylation sites (tertiary alicyclic amines) is 1. The van der Waals surface area contributed by atoms with Crippen molar-refractivity contribution in [2.75, 3.05) is 12.3 Å². The molecule has 1 N–H and O–H groups in total. The van der Waals surface area contributed by atoms with Gasteiger partial charge in [-0.25, -0.2) is 4.79 Å². The summed E-state index contributed by atoms with van der Waals surface area (Å²) in [6, 6.07) is 8.41. The van der Waals surface area contributed by atoms with Crippen molar-refractivity contribution in [2.45, 2.75) is 57.1 Å².